The molecule has 0 amide bonds. The van der Waals surface area contributed by atoms with Crippen molar-refractivity contribution in [3.05, 3.63) is 0 Å². The summed E-state index contributed by atoms with van der Waals surface area (Å²) in [4.78, 5) is 13.9. The number of carbonyl (C=O) groups is 1. The van der Waals surface area contributed by atoms with Gasteiger partial charge in [0.15, 0.2) is 0 Å². The number of rotatable bonds is 2. The predicted octanol–water partition coefficient (Wildman–Crippen LogP) is 1.20. The summed E-state index contributed by atoms with van der Waals surface area (Å²) < 4.78 is 0. The highest BCUT2D eigenvalue weighted by Gasteiger charge is 2.33. The van der Waals surface area contributed by atoms with Crippen LogP contribution in [0.15, 0.2) is 0 Å². The van der Waals surface area contributed by atoms with E-state index in [9.17, 15) is 9.90 Å². The van der Waals surface area contributed by atoms with Gasteiger partial charge in [-0.25, -0.2) is 0 Å². The molecule has 0 spiro atoms. The number of Topliss-reactive ketones (excluding diaryl/α,β-unsaturated/α-hetero) is 1. The van der Waals surface area contributed by atoms with Gasteiger partial charge in [0.05, 0.1) is 12.1 Å². The molecule has 0 aromatic carbocycles. The maximum atomic E-state index is 11.6. The standard InChI is InChI=1S/C12H21NO2/c1-9(14)10-5-7-13(8-6-10)11-3-2-4-12(11)15/h9-11,14H,2-8H2,1H3. The second-order valence-corrected chi connectivity index (χ2v) is 4.99. The van der Waals surface area contributed by atoms with Crippen molar-refractivity contribution in [2.75, 3.05) is 13.1 Å². The summed E-state index contributed by atoms with van der Waals surface area (Å²) in [5.74, 6) is 0.878. The topological polar surface area (TPSA) is 40.5 Å². The number of piperidine rings is 1. The van der Waals surface area contributed by atoms with Crippen LogP contribution in [0.2, 0.25) is 0 Å². The molecule has 3 heteroatoms. The fourth-order valence-corrected chi connectivity index (χ4v) is 2.90. The second kappa shape index (κ2) is 4.62. The van der Waals surface area contributed by atoms with E-state index in [1.807, 2.05) is 6.92 Å². The maximum Gasteiger partial charge on any atom is 0.149 e. The second-order valence-electron chi connectivity index (χ2n) is 4.99. The fourth-order valence-electron chi connectivity index (χ4n) is 2.90. The van der Waals surface area contributed by atoms with Gasteiger partial charge >= 0.3 is 0 Å². The lowest BCUT2D eigenvalue weighted by molar-refractivity contribution is -0.122. The van der Waals surface area contributed by atoms with Gasteiger partial charge in [0.1, 0.15) is 5.78 Å². The number of likely N-dealkylation sites (tertiary alicyclic amines) is 1. The molecule has 2 rings (SSSR count). The normalized spacial score (nSPS) is 32.1. The van der Waals surface area contributed by atoms with Crippen LogP contribution in [0, 0.1) is 5.92 Å². The van der Waals surface area contributed by atoms with E-state index in [2.05, 4.69) is 4.90 Å². The van der Waals surface area contributed by atoms with Gasteiger partial charge in [-0.1, -0.05) is 0 Å². The van der Waals surface area contributed by atoms with Crippen molar-refractivity contribution in [1.82, 2.24) is 4.90 Å². The summed E-state index contributed by atoms with van der Waals surface area (Å²) in [7, 11) is 0. The van der Waals surface area contributed by atoms with Gasteiger partial charge in [-0.3, -0.25) is 9.69 Å². The van der Waals surface area contributed by atoms with Gasteiger partial charge in [0.25, 0.3) is 0 Å². The van der Waals surface area contributed by atoms with Gasteiger partial charge in [-0.15, -0.1) is 0 Å². The average molecular weight is 211 g/mol. The summed E-state index contributed by atoms with van der Waals surface area (Å²) in [6, 6.07) is 0.208. The van der Waals surface area contributed by atoms with Crippen molar-refractivity contribution in [1.29, 1.82) is 0 Å². The smallest absolute Gasteiger partial charge is 0.149 e. The van der Waals surface area contributed by atoms with E-state index in [1.165, 1.54) is 0 Å². The number of aliphatic hydroxyl groups excluding tert-OH is 1. The van der Waals surface area contributed by atoms with Crippen LogP contribution in [-0.2, 0) is 4.79 Å². The van der Waals surface area contributed by atoms with Gasteiger partial charge in [0.2, 0.25) is 0 Å². The zero-order valence-corrected chi connectivity index (χ0v) is 9.48. The van der Waals surface area contributed by atoms with Crippen molar-refractivity contribution in [2.45, 2.75) is 51.2 Å². The summed E-state index contributed by atoms with van der Waals surface area (Å²) in [5.41, 5.74) is 0. The number of aliphatic hydroxyl groups is 1. The Balaban J connectivity index is 1.85. The fraction of sp³-hybridized carbons (Fsp3) is 0.917. The molecule has 1 aliphatic heterocycles. The van der Waals surface area contributed by atoms with Crippen LogP contribution in [0.5, 0.6) is 0 Å². The minimum Gasteiger partial charge on any atom is -0.393 e. The van der Waals surface area contributed by atoms with Crippen LogP contribution in [0.4, 0.5) is 0 Å². The van der Waals surface area contributed by atoms with Crippen LogP contribution in [0.3, 0.4) is 0 Å². The molecule has 0 bridgehead atoms. The van der Waals surface area contributed by atoms with Crippen molar-refractivity contribution in [2.24, 2.45) is 5.92 Å². The Hall–Kier alpha value is -0.410. The van der Waals surface area contributed by atoms with Crippen LogP contribution < -0.4 is 0 Å². The molecule has 1 saturated heterocycles. The Morgan fingerprint density at radius 3 is 2.47 bits per heavy atom. The molecule has 3 nitrogen and oxygen atoms in total. The molecule has 1 N–H and O–H groups in total. The summed E-state index contributed by atoms with van der Waals surface area (Å²) in [6.45, 7) is 3.86. The maximum absolute atomic E-state index is 11.6. The first-order valence-electron chi connectivity index (χ1n) is 6.13. The Bertz CT molecular complexity index is 232. The first kappa shape index (κ1) is 11.1. The summed E-state index contributed by atoms with van der Waals surface area (Å²) >= 11 is 0. The third kappa shape index (κ3) is 2.40. The van der Waals surface area contributed by atoms with Crippen LogP contribution in [0.25, 0.3) is 0 Å². The van der Waals surface area contributed by atoms with Crippen LogP contribution >= 0.6 is 0 Å². The zero-order chi connectivity index (χ0) is 10.8. The van der Waals surface area contributed by atoms with Crippen molar-refractivity contribution >= 4 is 5.78 Å². The molecular formula is C12H21NO2. The Morgan fingerprint density at radius 2 is 2.00 bits per heavy atom. The lowest BCUT2D eigenvalue weighted by atomic mass is 9.91. The van der Waals surface area contributed by atoms with Crippen molar-refractivity contribution in [3.63, 3.8) is 0 Å². The molecule has 1 aliphatic carbocycles. The van der Waals surface area contributed by atoms with E-state index >= 15 is 0 Å². The number of nitrogens with zero attached hydrogens (tertiary/aromatic N) is 1. The molecule has 0 radical (unpaired) electrons. The number of ketones is 1. The third-order valence-corrected chi connectivity index (χ3v) is 3.97. The van der Waals surface area contributed by atoms with E-state index in [0.717, 1.165) is 45.2 Å². The molecule has 0 aromatic heterocycles. The Kier molecular flexibility index (Phi) is 3.42. The molecule has 86 valence electrons. The summed E-state index contributed by atoms with van der Waals surface area (Å²) in [6.07, 6.45) is 4.80. The predicted molar refractivity (Wildman–Crippen MR) is 58.6 cm³/mol. The highest BCUT2D eigenvalue weighted by atomic mass is 16.3. The molecule has 1 heterocycles. The molecule has 15 heavy (non-hydrogen) atoms. The van der Waals surface area contributed by atoms with Gasteiger partial charge in [0, 0.05) is 6.42 Å². The molecular weight excluding hydrogens is 190 g/mol. The molecule has 0 aromatic rings. The average Bonchev–Trinajstić information content (AvgIpc) is 2.65. The summed E-state index contributed by atoms with van der Waals surface area (Å²) in [5, 5.41) is 9.50. The lowest BCUT2D eigenvalue weighted by Gasteiger charge is -2.36. The highest BCUT2D eigenvalue weighted by Crippen LogP contribution is 2.27. The molecule has 2 fully saturated rings. The zero-order valence-electron chi connectivity index (χ0n) is 9.48. The first-order valence-corrected chi connectivity index (χ1v) is 6.13. The van der Waals surface area contributed by atoms with E-state index in [0.29, 0.717) is 11.7 Å². The van der Waals surface area contributed by atoms with Crippen LogP contribution in [0.1, 0.15) is 39.0 Å². The first-order chi connectivity index (χ1) is 7.18. The highest BCUT2D eigenvalue weighted by molar-refractivity contribution is 5.85. The quantitative estimate of drug-likeness (QED) is 0.746. The molecule has 2 aliphatic rings. The lowest BCUT2D eigenvalue weighted by Crippen LogP contribution is -2.44. The van der Waals surface area contributed by atoms with Gasteiger partial charge < -0.3 is 5.11 Å². The van der Waals surface area contributed by atoms with E-state index < -0.39 is 0 Å². The Labute approximate surface area is 91.5 Å². The van der Waals surface area contributed by atoms with Crippen LogP contribution in [-0.4, -0.2) is 41.0 Å². The molecule has 2 unspecified atom stereocenters. The number of hydrogen-bond acceptors (Lipinski definition) is 3. The molecule has 1 saturated carbocycles. The minimum atomic E-state index is -0.188. The number of hydrogen-bond donors (Lipinski definition) is 1. The van der Waals surface area contributed by atoms with Gasteiger partial charge in [-0.2, -0.15) is 0 Å². The van der Waals surface area contributed by atoms with E-state index in [1.54, 1.807) is 0 Å². The third-order valence-electron chi connectivity index (χ3n) is 3.97. The van der Waals surface area contributed by atoms with Crippen molar-refractivity contribution < 1.29 is 9.90 Å². The van der Waals surface area contributed by atoms with E-state index in [4.69, 9.17) is 0 Å². The minimum absolute atomic E-state index is 0.188. The monoisotopic (exact) mass is 211 g/mol. The van der Waals surface area contributed by atoms with Crippen molar-refractivity contribution in [3.8, 4) is 0 Å². The largest absolute Gasteiger partial charge is 0.393 e. The van der Waals surface area contributed by atoms with E-state index in [-0.39, 0.29) is 12.1 Å². The SMILES string of the molecule is CC(O)C1CCN(C2CCCC2=O)CC1. The number of carbonyl (C=O) groups excluding carboxylic acids is 1. The Morgan fingerprint density at radius 1 is 1.33 bits per heavy atom. The van der Waals surface area contributed by atoms with Gasteiger partial charge in [-0.05, 0) is 51.6 Å². The molecule has 2 atom stereocenters.